The number of hydrogen-bond acceptors (Lipinski definition) is 4. The van der Waals surface area contributed by atoms with E-state index in [1.807, 2.05) is 43.5 Å². The Kier molecular flexibility index (Phi) is 7.26. The van der Waals surface area contributed by atoms with Gasteiger partial charge in [0.15, 0.2) is 5.96 Å². The average Bonchev–Trinajstić information content (AvgIpc) is 3.42. The zero-order valence-corrected chi connectivity index (χ0v) is 19.2. The number of aryl methyl sites for hydroxylation is 1. The van der Waals surface area contributed by atoms with Crippen LogP contribution >= 0.6 is 0 Å². The van der Waals surface area contributed by atoms with Crippen LogP contribution in [-0.4, -0.2) is 69.5 Å². The van der Waals surface area contributed by atoms with Crippen LogP contribution in [0.5, 0.6) is 0 Å². The minimum Gasteiger partial charge on any atom is -0.444 e. The molecule has 0 bridgehead atoms. The highest BCUT2D eigenvalue weighted by atomic mass is 16.6. The van der Waals surface area contributed by atoms with Crippen LogP contribution in [0, 0.1) is 5.92 Å². The summed E-state index contributed by atoms with van der Waals surface area (Å²) in [5, 5.41) is 7.63. The van der Waals surface area contributed by atoms with Crippen molar-refractivity contribution in [2.45, 2.75) is 71.6 Å². The van der Waals surface area contributed by atoms with Crippen LogP contribution in [0.4, 0.5) is 4.79 Å². The minimum absolute atomic E-state index is 0.162. The lowest BCUT2D eigenvalue weighted by atomic mass is 10.0. The lowest BCUT2D eigenvalue weighted by Gasteiger charge is -2.40. The average molecular weight is 419 g/mol. The van der Waals surface area contributed by atoms with Gasteiger partial charge in [-0.15, -0.1) is 0 Å². The molecule has 1 N–H and O–H groups in total. The molecular formula is C22H38N6O2. The molecule has 0 radical (unpaired) electrons. The monoisotopic (exact) mass is 418 g/mol. The second-order valence-corrected chi connectivity index (χ2v) is 9.41. The zero-order valence-electron chi connectivity index (χ0n) is 19.2. The van der Waals surface area contributed by atoms with Gasteiger partial charge in [-0.25, -0.2) is 9.79 Å². The summed E-state index contributed by atoms with van der Waals surface area (Å²) in [6.07, 6.45) is 5.95. The van der Waals surface area contributed by atoms with Gasteiger partial charge in [0.2, 0.25) is 0 Å². The van der Waals surface area contributed by atoms with Crippen molar-refractivity contribution in [1.29, 1.82) is 0 Å². The molecule has 1 aromatic rings. The molecular weight excluding hydrogens is 380 g/mol. The first kappa shape index (κ1) is 22.4. The smallest absolute Gasteiger partial charge is 0.410 e. The van der Waals surface area contributed by atoms with Gasteiger partial charge in [0.1, 0.15) is 5.60 Å². The van der Waals surface area contributed by atoms with Gasteiger partial charge in [-0.05, 0) is 65.4 Å². The maximum absolute atomic E-state index is 12.9. The molecule has 1 aliphatic heterocycles. The Bertz CT molecular complexity index is 726. The van der Waals surface area contributed by atoms with Crippen molar-refractivity contribution < 1.29 is 9.53 Å². The Labute approximate surface area is 180 Å². The number of amides is 1. The number of carbonyl (C=O) groups is 1. The van der Waals surface area contributed by atoms with E-state index in [4.69, 9.17) is 9.73 Å². The summed E-state index contributed by atoms with van der Waals surface area (Å²) in [6, 6.07) is 2.23. The fourth-order valence-corrected chi connectivity index (χ4v) is 3.80. The molecule has 0 spiro atoms. The van der Waals surface area contributed by atoms with E-state index in [2.05, 4.69) is 22.2 Å². The number of nitrogens with one attached hydrogen (secondary N) is 1. The maximum Gasteiger partial charge on any atom is 0.410 e. The fraction of sp³-hybridized carbons (Fsp3) is 0.773. The number of aliphatic imine (C=N–C) groups is 1. The quantitative estimate of drug-likeness (QED) is 0.568. The number of hydrogen-bond donors (Lipinski definition) is 1. The van der Waals surface area contributed by atoms with Crippen LogP contribution in [0.15, 0.2) is 17.3 Å². The third kappa shape index (κ3) is 6.37. The Morgan fingerprint density at radius 1 is 1.30 bits per heavy atom. The maximum atomic E-state index is 12.9. The summed E-state index contributed by atoms with van der Waals surface area (Å²) < 4.78 is 7.57. The SMILES string of the molecule is CCNC(=NCc1ccnn1C)N1CCC(N(CC2CC2)C(=O)OC(C)(C)C)CC1. The van der Waals surface area contributed by atoms with E-state index in [0.29, 0.717) is 12.5 Å². The van der Waals surface area contributed by atoms with Crippen molar-refractivity contribution in [3.05, 3.63) is 18.0 Å². The normalized spacial score (nSPS) is 18.4. The van der Waals surface area contributed by atoms with E-state index in [1.54, 1.807) is 6.20 Å². The van der Waals surface area contributed by atoms with Crippen molar-refractivity contribution in [2.75, 3.05) is 26.2 Å². The van der Waals surface area contributed by atoms with Crippen molar-refractivity contribution in [3.8, 4) is 0 Å². The molecule has 0 atom stereocenters. The molecule has 1 saturated carbocycles. The fourth-order valence-electron chi connectivity index (χ4n) is 3.80. The minimum atomic E-state index is -0.462. The van der Waals surface area contributed by atoms with Gasteiger partial charge in [0.25, 0.3) is 0 Å². The number of nitrogens with zero attached hydrogens (tertiary/aromatic N) is 5. The zero-order chi connectivity index (χ0) is 21.7. The third-order valence-electron chi connectivity index (χ3n) is 5.63. The van der Waals surface area contributed by atoms with E-state index in [-0.39, 0.29) is 12.1 Å². The van der Waals surface area contributed by atoms with Crippen LogP contribution < -0.4 is 5.32 Å². The molecule has 2 heterocycles. The molecule has 2 fully saturated rings. The van der Waals surface area contributed by atoms with Gasteiger partial charge >= 0.3 is 6.09 Å². The molecule has 8 nitrogen and oxygen atoms in total. The topological polar surface area (TPSA) is 75.0 Å². The van der Waals surface area contributed by atoms with Crippen LogP contribution in [0.1, 0.15) is 59.1 Å². The van der Waals surface area contributed by atoms with Crippen molar-refractivity contribution >= 4 is 12.1 Å². The summed E-state index contributed by atoms with van der Waals surface area (Å²) in [6.45, 7) is 11.9. The summed E-state index contributed by atoms with van der Waals surface area (Å²) >= 11 is 0. The predicted molar refractivity (Wildman–Crippen MR) is 118 cm³/mol. The summed E-state index contributed by atoms with van der Waals surface area (Å²) in [5.74, 6) is 1.58. The molecule has 30 heavy (non-hydrogen) atoms. The van der Waals surface area contributed by atoms with Crippen molar-refractivity contribution in [3.63, 3.8) is 0 Å². The van der Waals surface area contributed by atoms with E-state index < -0.39 is 5.60 Å². The highest BCUT2D eigenvalue weighted by molar-refractivity contribution is 5.80. The second-order valence-electron chi connectivity index (χ2n) is 9.41. The van der Waals surface area contributed by atoms with Crippen LogP contribution in [0.2, 0.25) is 0 Å². The van der Waals surface area contributed by atoms with Crippen LogP contribution in [-0.2, 0) is 18.3 Å². The Balaban J connectivity index is 1.61. The van der Waals surface area contributed by atoms with Crippen molar-refractivity contribution in [2.24, 2.45) is 18.0 Å². The predicted octanol–water partition coefficient (Wildman–Crippen LogP) is 3.00. The number of piperidine rings is 1. The molecule has 0 aromatic carbocycles. The third-order valence-corrected chi connectivity index (χ3v) is 5.63. The number of guanidine groups is 1. The highest BCUT2D eigenvalue weighted by Gasteiger charge is 2.35. The van der Waals surface area contributed by atoms with Gasteiger partial charge in [-0.1, -0.05) is 0 Å². The highest BCUT2D eigenvalue weighted by Crippen LogP contribution is 2.32. The first-order chi connectivity index (χ1) is 14.3. The van der Waals surface area contributed by atoms with Crippen LogP contribution in [0.25, 0.3) is 0 Å². The van der Waals surface area contributed by atoms with Crippen molar-refractivity contribution in [1.82, 2.24) is 24.9 Å². The molecule has 1 saturated heterocycles. The Hall–Kier alpha value is -2.25. The molecule has 3 rings (SSSR count). The Morgan fingerprint density at radius 3 is 2.53 bits per heavy atom. The van der Waals surface area contributed by atoms with Gasteiger partial charge in [-0.2, -0.15) is 5.10 Å². The summed E-state index contributed by atoms with van der Waals surface area (Å²) in [4.78, 5) is 22.0. The number of ether oxygens (including phenoxy) is 1. The van der Waals surface area contributed by atoms with Crippen LogP contribution in [0.3, 0.4) is 0 Å². The van der Waals surface area contributed by atoms with E-state index in [0.717, 1.165) is 50.7 Å². The van der Waals surface area contributed by atoms with Gasteiger partial charge < -0.3 is 19.9 Å². The molecule has 0 unspecified atom stereocenters. The van der Waals surface area contributed by atoms with E-state index >= 15 is 0 Å². The molecule has 1 aliphatic carbocycles. The summed E-state index contributed by atoms with van der Waals surface area (Å²) in [5.41, 5.74) is 0.622. The number of carbonyl (C=O) groups excluding carboxylic acids is 1. The molecule has 2 aliphatic rings. The van der Waals surface area contributed by atoms with Gasteiger partial charge in [0, 0.05) is 45.5 Å². The first-order valence-electron chi connectivity index (χ1n) is 11.3. The van der Waals surface area contributed by atoms with E-state index in [9.17, 15) is 4.79 Å². The molecule has 8 heteroatoms. The first-order valence-corrected chi connectivity index (χ1v) is 11.3. The lowest BCUT2D eigenvalue weighted by Crippen LogP contribution is -2.52. The van der Waals surface area contributed by atoms with E-state index in [1.165, 1.54) is 12.8 Å². The largest absolute Gasteiger partial charge is 0.444 e. The Morgan fingerprint density at radius 2 is 2.00 bits per heavy atom. The molecule has 168 valence electrons. The number of likely N-dealkylation sites (tertiary alicyclic amines) is 1. The molecule has 1 amide bonds. The van der Waals surface area contributed by atoms with Gasteiger partial charge in [0.05, 0.1) is 12.2 Å². The summed E-state index contributed by atoms with van der Waals surface area (Å²) in [7, 11) is 1.94. The second kappa shape index (κ2) is 9.71. The number of aromatic nitrogens is 2. The molecule has 1 aromatic heterocycles. The standard InChI is InChI=1S/C22H38N6O2/c1-6-23-20(24-15-19-9-12-25-26(19)5)27-13-10-18(11-14-27)28(16-17-7-8-17)21(29)30-22(2,3)4/h9,12,17-18H,6-8,10-11,13-16H2,1-5H3,(H,23,24). The number of rotatable bonds is 6. The van der Waals surface area contributed by atoms with Gasteiger partial charge in [-0.3, -0.25) is 4.68 Å². The lowest BCUT2D eigenvalue weighted by molar-refractivity contribution is 0.00928.